The molecule has 0 bridgehead atoms. The van der Waals surface area contributed by atoms with E-state index in [-0.39, 0.29) is 11.9 Å². The van der Waals surface area contributed by atoms with Crippen LogP contribution in [0.2, 0.25) is 0 Å². The Bertz CT molecular complexity index is 673. The number of carbonyl (C=O) groups is 1. The zero-order valence-corrected chi connectivity index (χ0v) is 14.2. The second-order valence-electron chi connectivity index (χ2n) is 6.37. The van der Waals surface area contributed by atoms with E-state index in [0.29, 0.717) is 18.4 Å². The van der Waals surface area contributed by atoms with Gasteiger partial charge in [0.25, 0.3) is 0 Å². The molecule has 0 aromatic heterocycles. The van der Waals surface area contributed by atoms with E-state index in [9.17, 15) is 14.3 Å². The molecule has 2 aromatic rings. The molecular formula is C20H24FNO3. The lowest BCUT2D eigenvalue weighted by atomic mass is 9.88. The normalized spacial score (nSPS) is 23.4. The van der Waals surface area contributed by atoms with Crippen molar-refractivity contribution >= 4 is 5.97 Å². The summed E-state index contributed by atoms with van der Waals surface area (Å²) in [6.45, 7) is 1.98. The van der Waals surface area contributed by atoms with Gasteiger partial charge in [0.05, 0.1) is 12.0 Å². The number of carboxylic acids is 1. The minimum absolute atomic E-state index is 0.159. The van der Waals surface area contributed by atoms with Gasteiger partial charge in [0.1, 0.15) is 5.82 Å². The van der Waals surface area contributed by atoms with Crippen LogP contribution >= 0.6 is 0 Å². The molecule has 5 heteroatoms. The van der Waals surface area contributed by atoms with Crippen LogP contribution in [0.25, 0.3) is 0 Å². The lowest BCUT2D eigenvalue weighted by Crippen LogP contribution is -2.22. The number of aliphatic hydroxyl groups is 1. The van der Waals surface area contributed by atoms with Gasteiger partial charge in [0, 0.05) is 12.0 Å². The second kappa shape index (κ2) is 8.74. The molecule has 134 valence electrons. The molecule has 1 saturated carbocycles. The third-order valence-corrected chi connectivity index (χ3v) is 4.52. The van der Waals surface area contributed by atoms with Crippen molar-refractivity contribution in [3.8, 4) is 0 Å². The summed E-state index contributed by atoms with van der Waals surface area (Å²) >= 11 is 0. The first-order chi connectivity index (χ1) is 11.9. The van der Waals surface area contributed by atoms with E-state index in [1.165, 1.54) is 17.7 Å². The number of benzene rings is 2. The van der Waals surface area contributed by atoms with Crippen LogP contribution in [0.4, 0.5) is 4.39 Å². The fraction of sp³-hybridized carbons (Fsp3) is 0.350. The third-order valence-electron chi connectivity index (χ3n) is 4.52. The number of aliphatic carboxylic acids is 1. The number of aliphatic hydroxyl groups excluding tert-OH is 1. The van der Waals surface area contributed by atoms with Crippen molar-refractivity contribution in [2.24, 2.45) is 11.7 Å². The highest BCUT2D eigenvalue weighted by Crippen LogP contribution is 2.40. The molecule has 4 nitrogen and oxygen atoms in total. The fourth-order valence-electron chi connectivity index (χ4n) is 3.15. The van der Waals surface area contributed by atoms with Crippen molar-refractivity contribution in [1.29, 1.82) is 0 Å². The topological polar surface area (TPSA) is 83.6 Å². The summed E-state index contributed by atoms with van der Waals surface area (Å²) < 4.78 is 12.7. The molecule has 25 heavy (non-hydrogen) atoms. The first kappa shape index (κ1) is 19.1. The number of carboxylic acid groups (broad SMARTS) is 1. The highest BCUT2D eigenvalue weighted by atomic mass is 19.1. The summed E-state index contributed by atoms with van der Waals surface area (Å²) in [6.07, 6.45) is 0.309. The first-order valence-electron chi connectivity index (χ1n) is 8.37. The molecular weight excluding hydrogens is 321 g/mol. The molecule has 0 amide bonds. The summed E-state index contributed by atoms with van der Waals surface area (Å²) in [5.74, 6) is -2.24. The molecule has 1 aliphatic rings. The van der Waals surface area contributed by atoms with Crippen LogP contribution in [0.5, 0.6) is 0 Å². The molecule has 4 atom stereocenters. The van der Waals surface area contributed by atoms with Crippen molar-refractivity contribution in [3.05, 3.63) is 71.5 Å². The quantitative estimate of drug-likeness (QED) is 0.795. The van der Waals surface area contributed by atoms with Gasteiger partial charge < -0.3 is 15.9 Å². The third kappa shape index (κ3) is 5.11. The van der Waals surface area contributed by atoms with Gasteiger partial charge in [-0.2, -0.15) is 0 Å². The van der Waals surface area contributed by atoms with Crippen molar-refractivity contribution in [2.45, 2.75) is 37.8 Å². The average molecular weight is 345 g/mol. The van der Waals surface area contributed by atoms with E-state index in [2.05, 4.69) is 0 Å². The van der Waals surface area contributed by atoms with Crippen LogP contribution in [0.1, 0.15) is 42.9 Å². The summed E-state index contributed by atoms with van der Waals surface area (Å²) in [4.78, 5) is 11.0. The summed E-state index contributed by atoms with van der Waals surface area (Å²) in [5.41, 5.74) is 7.50. The molecule has 1 fully saturated rings. The zero-order valence-electron chi connectivity index (χ0n) is 14.2. The van der Waals surface area contributed by atoms with Crippen molar-refractivity contribution in [1.82, 2.24) is 0 Å². The fourth-order valence-corrected chi connectivity index (χ4v) is 3.15. The van der Waals surface area contributed by atoms with E-state index < -0.39 is 23.9 Å². The zero-order chi connectivity index (χ0) is 18.4. The average Bonchev–Trinajstić information content (AvgIpc) is 2.99. The number of nitrogens with two attached hydrogens (primary N) is 1. The molecule has 3 rings (SSSR count). The van der Waals surface area contributed by atoms with Gasteiger partial charge >= 0.3 is 5.97 Å². The highest BCUT2D eigenvalue weighted by Gasteiger charge is 2.40. The molecule has 1 aliphatic carbocycles. The molecule has 0 heterocycles. The van der Waals surface area contributed by atoms with Gasteiger partial charge in [-0.25, -0.2) is 4.39 Å². The van der Waals surface area contributed by atoms with Gasteiger partial charge in [-0.05, 0) is 43.0 Å². The van der Waals surface area contributed by atoms with E-state index in [4.69, 9.17) is 10.8 Å². The molecule has 0 spiro atoms. The molecule has 0 aliphatic heterocycles. The number of rotatable bonds is 3. The predicted octanol–water partition coefficient (Wildman–Crippen LogP) is 3.47. The monoisotopic (exact) mass is 345 g/mol. The van der Waals surface area contributed by atoms with Crippen molar-refractivity contribution < 1.29 is 19.4 Å². The largest absolute Gasteiger partial charge is 0.481 e. The summed E-state index contributed by atoms with van der Waals surface area (Å²) in [7, 11) is 0. The van der Waals surface area contributed by atoms with Crippen LogP contribution in [0, 0.1) is 11.7 Å². The predicted molar refractivity (Wildman–Crippen MR) is 94.6 cm³/mol. The van der Waals surface area contributed by atoms with E-state index in [1.54, 1.807) is 12.1 Å². The minimum Gasteiger partial charge on any atom is -0.481 e. The number of halogens is 1. The highest BCUT2D eigenvalue weighted by molar-refractivity contribution is 5.72. The Labute approximate surface area is 147 Å². The Balaban J connectivity index is 0.000000212. The van der Waals surface area contributed by atoms with Gasteiger partial charge in [0.2, 0.25) is 0 Å². The minimum atomic E-state index is -0.897. The van der Waals surface area contributed by atoms with Gasteiger partial charge in [-0.15, -0.1) is 0 Å². The standard InChI is InChI=1S/C12H13FO3.C8H11N/c13-8-3-1-7(2-4-8)11-9(12(15)16)5-6-10(11)14;1-7(9)8-5-3-2-4-6-8/h1-4,9-11,14H,5-6H2,(H,15,16);2-7H,9H2,1H3/t9-,10+,11+;7-/m01/s1. The maximum atomic E-state index is 12.7. The molecule has 0 unspecified atom stereocenters. The van der Waals surface area contributed by atoms with Crippen LogP contribution in [-0.4, -0.2) is 22.3 Å². The SMILES string of the molecule is C[C@@H](N)c1ccccc1.O=C(O)[C@H]1CC[C@@H](O)[C@@H]1c1ccc(F)cc1. The maximum absolute atomic E-state index is 12.7. The van der Waals surface area contributed by atoms with Gasteiger partial charge in [-0.1, -0.05) is 42.5 Å². The Morgan fingerprint density at radius 2 is 1.72 bits per heavy atom. The molecule has 2 aromatic carbocycles. The number of hydrogen-bond donors (Lipinski definition) is 3. The molecule has 0 radical (unpaired) electrons. The van der Waals surface area contributed by atoms with E-state index in [0.717, 1.165) is 0 Å². The number of hydrogen-bond acceptors (Lipinski definition) is 3. The first-order valence-corrected chi connectivity index (χ1v) is 8.37. The molecule has 4 N–H and O–H groups in total. The van der Waals surface area contributed by atoms with Crippen LogP contribution in [0.15, 0.2) is 54.6 Å². The summed E-state index contributed by atoms with van der Waals surface area (Å²) in [6, 6.07) is 15.9. The van der Waals surface area contributed by atoms with Gasteiger partial charge in [-0.3, -0.25) is 4.79 Å². The smallest absolute Gasteiger partial charge is 0.307 e. The van der Waals surface area contributed by atoms with Crippen molar-refractivity contribution in [2.75, 3.05) is 0 Å². The van der Waals surface area contributed by atoms with E-state index in [1.807, 2.05) is 37.3 Å². The summed E-state index contributed by atoms with van der Waals surface area (Å²) in [5, 5.41) is 18.8. The lowest BCUT2D eigenvalue weighted by molar-refractivity contribution is -0.142. The van der Waals surface area contributed by atoms with Gasteiger partial charge in [0.15, 0.2) is 0 Å². The van der Waals surface area contributed by atoms with Crippen molar-refractivity contribution in [3.63, 3.8) is 0 Å². The molecule has 0 saturated heterocycles. The lowest BCUT2D eigenvalue weighted by Gasteiger charge is -2.19. The second-order valence-corrected chi connectivity index (χ2v) is 6.37. The Morgan fingerprint density at radius 1 is 1.12 bits per heavy atom. The Morgan fingerprint density at radius 3 is 2.20 bits per heavy atom. The van der Waals surface area contributed by atoms with Crippen LogP contribution in [0.3, 0.4) is 0 Å². The van der Waals surface area contributed by atoms with Crippen LogP contribution < -0.4 is 5.73 Å². The Hall–Kier alpha value is -2.24. The maximum Gasteiger partial charge on any atom is 0.307 e. The van der Waals surface area contributed by atoms with E-state index >= 15 is 0 Å². The van der Waals surface area contributed by atoms with Crippen LogP contribution in [-0.2, 0) is 4.79 Å². The Kier molecular flexibility index (Phi) is 6.67.